The number of fused-ring (bicyclic) bond motifs is 1. The average molecular weight is 483 g/mol. The van der Waals surface area contributed by atoms with Crippen molar-refractivity contribution in [2.24, 2.45) is 10.1 Å². The van der Waals surface area contributed by atoms with Gasteiger partial charge in [-0.2, -0.15) is 10.0 Å². The second-order valence-electron chi connectivity index (χ2n) is 8.07. The van der Waals surface area contributed by atoms with E-state index in [1.165, 1.54) is 16.8 Å². The number of hydrogen-bond donors (Lipinski definition) is 1. The number of methoxy groups -OCH3 is 1. The fourth-order valence-electron chi connectivity index (χ4n) is 4.32. The number of benzene rings is 1. The lowest BCUT2D eigenvalue weighted by Gasteiger charge is -2.20. The molecule has 0 saturated carbocycles. The van der Waals surface area contributed by atoms with Gasteiger partial charge in [0.15, 0.2) is 11.0 Å². The number of aromatic nitrogens is 1. The van der Waals surface area contributed by atoms with E-state index in [2.05, 4.69) is 15.0 Å². The van der Waals surface area contributed by atoms with Crippen LogP contribution in [0, 0.1) is 19.3 Å². The number of aliphatic imine (C=N–C) groups is 1. The van der Waals surface area contributed by atoms with Crippen molar-refractivity contribution in [3.8, 4) is 11.4 Å². The largest absolute Gasteiger partial charge is 0.495 e. The third kappa shape index (κ3) is 3.75. The first-order valence-corrected chi connectivity index (χ1v) is 11.8. The first kappa shape index (κ1) is 21.8. The molecule has 0 unspecified atom stereocenters. The molecule has 170 valence electrons. The van der Waals surface area contributed by atoms with Gasteiger partial charge in [-0.3, -0.25) is 10.2 Å². The monoisotopic (exact) mass is 482 g/mol. The van der Waals surface area contributed by atoms with Crippen LogP contribution in [0.15, 0.2) is 39.9 Å². The molecule has 3 aliphatic heterocycles. The number of halogens is 1. The number of rotatable bonds is 3. The molecular weight excluding hydrogens is 460 g/mol. The van der Waals surface area contributed by atoms with Crippen molar-refractivity contribution >= 4 is 51.5 Å². The highest BCUT2D eigenvalue weighted by molar-refractivity contribution is 8.26. The number of nitrogens with one attached hydrogen (secondary N) is 1. The van der Waals surface area contributed by atoms with E-state index in [0.29, 0.717) is 15.9 Å². The molecule has 2 aromatic rings. The van der Waals surface area contributed by atoms with E-state index in [4.69, 9.17) is 21.7 Å². The van der Waals surface area contributed by atoms with Crippen LogP contribution >= 0.6 is 23.4 Å². The van der Waals surface area contributed by atoms with Crippen LogP contribution in [-0.4, -0.2) is 56.8 Å². The number of likely N-dealkylation sites (tertiary alicyclic amines) is 1. The molecule has 4 heterocycles. The number of hydrazone groups is 1. The second kappa shape index (κ2) is 8.39. The zero-order valence-corrected chi connectivity index (χ0v) is 20.1. The molecule has 33 heavy (non-hydrogen) atoms. The lowest BCUT2D eigenvalue weighted by Crippen LogP contribution is -2.35. The van der Waals surface area contributed by atoms with Crippen LogP contribution in [0.3, 0.4) is 0 Å². The zero-order valence-electron chi connectivity index (χ0n) is 18.6. The molecule has 1 saturated heterocycles. The summed E-state index contributed by atoms with van der Waals surface area (Å²) in [5.41, 5.74) is 3.68. The van der Waals surface area contributed by atoms with Crippen molar-refractivity contribution in [1.29, 1.82) is 5.41 Å². The lowest BCUT2D eigenvalue weighted by atomic mass is 10.1. The van der Waals surface area contributed by atoms with Crippen LogP contribution < -0.4 is 4.74 Å². The summed E-state index contributed by atoms with van der Waals surface area (Å²) in [6, 6.07) is 7.42. The minimum absolute atomic E-state index is 0.0387. The number of aryl methyl sites for hydroxylation is 1. The highest BCUT2D eigenvalue weighted by Crippen LogP contribution is 2.33. The minimum Gasteiger partial charge on any atom is -0.495 e. The van der Waals surface area contributed by atoms with Crippen LogP contribution in [0.2, 0.25) is 5.02 Å². The van der Waals surface area contributed by atoms with Crippen molar-refractivity contribution in [3.63, 3.8) is 0 Å². The number of nitrogens with zero attached hydrogens (tertiary/aromatic N) is 5. The fourth-order valence-corrected chi connectivity index (χ4v) is 5.43. The van der Waals surface area contributed by atoms with E-state index in [1.54, 1.807) is 19.3 Å². The summed E-state index contributed by atoms with van der Waals surface area (Å²) in [5.74, 6) is 0.299. The molecular formula is C23H23ClN6O2S. The lowest BCUT2D eigenvalue weighted by molar-refractivity contribution is -0.114. The van der Waals surface area contributed by atoms with Gasteiger partial charge in [0.25, 0.3) is 5.91 Å². The number of carbonyl (C=O) groups excluding carboxylic acids is 1. The van der Waals surface area contributed by atoms with Crippen LogP contribution in [-0.2, 0) is 4.79 Å². The van der Waals surface area contributed by atoms with Crippen molar-refractivity contribution in [2.75, 3.05) is 20.2 Å². The molecule has 0 aliphatic carbocycles. The van der Waals surface area contributed by atoms with Gasteiger partial charge in [-0.05, 0) is 74.4 Å². The predicted octanol–water partition coefficient (Wildman–Crippen LogP) is 4.43. The topological polar surface area (TPSA) is 86.3 Å². The van der Waals surface area contributed by atoms with E-state index in [9.17, 15) is 4.79 Å². The van der Waals surface area contributed by atoms with Gasteiger partial charge in [-0.15, -0.1) is 5.10 Å². The van der Waals surface area contributed by atoms with Gasteiger partial charge < -0.3 is 14.2 Å². The maximum absolute atomic E-state index is 12.9. The molecule has 0 radical (unpaired) electrons. The quantitative estimate of drug-likeness (QED) is 0.654. The summed E-state index contributed by atoms with van der Waals surface area (Å²) in [7, 11) is 1.62. The predicted molar refractivity (Wildman–Crippen MR) is 133 cm³/mol. The summed E-state index contributed by atoms with van der Waals surface area (Å²) in [6.45, 7) is 5.82. The Kier molecular flexibility index (Phi) is 5.54. The molecule has 1 fully saturated rings. The normalized spacial score (nSPS) is 19.3. The summed E-state index contributed by atoms with van der Waals surface area (Å²) in [6.07, 6.45) is 3.97. The molecule has 8 nitrogen and oxygen atoms in total. The maximum atomic E-state index is 12.9. The Morgan fingerprint density at radius 2 is 1.94 bits per heavy atom. The van der Waals surface area contributed by atoms with Gasteiger partial charge in [0.1, 0.15) is 5.75 Å². The van der Waals surface area contributed by atoms with Crippen molar-refractivity contribution in [1.82, 2.24) is 14.5 Å². The maximum Gasteiger partial charge on any atom is 0.283 e. The van der Waals surface area contributed by atoms with E-state index in [1.807, 2.05) is 36.6 Å². The Balaban J connectivity index is 1.52. The third-order valence-corrected chi connectivity index (χ3v) is 7.18. The van der Waals surface area contributed by atoms with E-state index in [-0.39, 0.29) is 11.4 Å². The summed E-state index contributed by atoms with van der Waals surface area (Å²) in [4.78, 5) is 19.3. The van der Waals surface area contributed by atoms with E-state index in [0.717, 1.165) is 53.7 Å². The molecule has 1 aromatic heterocycles. The van der Waals surface area contributed by atoms with Crippen LogP contribution in [0.5, 0.6) is 5.75 Å². The first-order valence-electron chi connectivity index (χ1n) is 10.7. The van der Waals surface area contributed by atoms with Crippen LogP contribution in [0.4, 0.5) is 0 Å². The van der Waals surface area contributed by atoms with Crippen LogP contribution in [0.1, 0.15) is 29.8 Å². The smallest absolute Gasteiger partial charge is 0.283 e. The molecule has 0 spiro atoms. The van der Waals surface area contributed by atoms with Crippen LogP contribution in [0.25, 0.3) is 11.8 Å². The van der Waals surface area contributed by atoms with E-state index < -0.39 is 5.91 Å². The Hall–Kier alpha value is -3.04. The SMILES string of the molecule is COc1ccc(Cl)cc1-n1c(C)cc(/C=C2/C(=N)N3N=C(N4CCCC4)SC3=NC2=O)c1C. The molecule has 3 aliphatic rings. The Morgan fingerprint density at radius 1 is 1.18 bits per heavy atom. The molecule has 10 heteroatoms. The zero-order chi connectivity index (χ0) is 23.3. The van der Waals surface area contributed by atoms with Gasteiger partial charge in [-0.25, -0.2) is 0 Å². The summed E-state index contributed by atoms with van der Waals surface area (Å²) in [5, 5.41) is 16.6. The highest BCUT2D eigenvalue weighted by Gasteiger charge is 2.37. The average Bonchev–Trinajstić information content (AvgIpc) is 3.51. The second-order valence-corrected chi connectivity index (χ2v) is 9.45. The van der Waals surface area contributed by atoms with E-state index >= 15 is 0 Å². The Morgan fingerprint density at radius 3 is 2.67 bits per heavy atom. The molecule has 1 amide bonds. The van der Waals surface area contributed by atoms with Gasteiger partial charge in [0.2, 0.25) is 5.17 Å². The number of carbonyl (C=O) groups is 1. The molecule has 1 aromatic carbocycles. The van der Waals surface area contributed by atoms with Gasteiger partial charge in [0.05, 0.1) is 18.4 Å². The fraction of sp³-hybridized carbons (Fsp3) is 0.304. The highest BCUT2D eigenvalue weighted by atomic mass is 35.5. The molecule has 0 atom stereocenters. The number of amides is 1. The number of amidine groups is 3. The summed E-state index contributed by atoms with van der Waals surface area (Å²) < 4.78 is 7.55. The van der Waals surface area contributed by atoms with Gasteiger partial charge >= 0.3 is 0 Å². The number of thioether (sulfide) groups is 1. The van der Waals surface area contributed by atoms with Gasteiger partial charge in [-0.1, -0.05) is 11.6 Å². The van der Waals surface area contributed by atoms with Crippen molar-refractivity contribution in [3.05, 3.63) is 51.8 Å². The number of ether oxygens (including phenoxy) is 1. The number of hydrogen-bond acceptors (Lipinski definition) is 6. The van der Waals surface area contributed by atoms with Crippen molar-refractivity contribution < 1.29 is 9.53 Å². The minimum atomic E-state index is -0.429. The van der Waals surface area contributed by atoms with Crippen molar-refractivity contribution in [2.45, 2.75) is 26.7 Å². The Bertz CT molecular complexity index is 1270. The molecule has 1 N–H and O–H groups in total. The standard InChI is InChI=1S/C23H23ClN6O2S/c1-13-10-15(14(2)29(13)18-12-16(24)6-7-19(18)32-3)11-17-20(25)30-22(26-21(17)31)33-23(27-30)28-8-4-5-9-28/h6-7,10-12,25H,4-5,8-9H2,1-3H3/b17-11-,25-20?. The third-order valence-electron chi connectivity index (χ3n) is 5.97. The van der Waals surface area contributed by atoms with Gasteiger partial charge in [0, 0.05) is 29.5 Å². The molecule has 5 rings (SSSR count). The first-order chi connectivity index (χ1) is 15.9. The Labute approximate surface area is 201 Å². The summed E-state index contributed by atoms with van der Waals surface area (Å²) >= 11 is 7.60. The molecule has 0 bridgehead atoms.